The maximum Gasteiger partial charge on any atom is 0.254 e. The van der Waals surface area contributed by atoms with Crippen molar-refractivity contribution in [3.63, 3.8) is 0 Å². The number of rotatable bonds is 2. The van der Waals surface area contributed by atoms with Crippen molar-refractivity contribution in [2.75, 3.05) is 17.2 Å². The third kappa shape index (κ3) is 2.28. The van der Waals surface area contributed by atoms with Crippen molar-refractivity contribution in [1.82, 2.24) is 9.97 Å². The lowest BCUT2D eigenvalue weighted by Crippen LogP contribution is -2.19. The molecule has 1 aromatic rings. The van der Waals surface area contributed by atoms with E-state index in [4.69, 9.17) is 11.5 Å². The first-order valence-corrected chi connectivity index (χ1v) is 7.26. The van der Waals surface area contributed by atoms with Gasteiger partial charge in [-0.1, -0.05) is 0 Å². The number of hydrogen-bond acceptors (Lipinski definition) is 6. The number of nitrogen functional groups attached to an aromatic ring is 1. The van der Waals surface area contributed by atoms with E-state index in [1.54, 1.807) is 6.92 Å². The number of aromatic nitrogens is 2. The van der Waals surface area contributed by atoms with Crippen molar-refractivity contribution in [2.24, 2.45) is 5.73 Å². The topological polar surface area (TPSA) is 129 Å². The van der Waals surface area contributed by atoms with E-state index >= 15 is 0 Å². The van der Waals surface area contributed by atoms with Gasteiger partial charge >= 0.3 is 0 Å². The van der Waals surface area contributed by atoms with Gasteiger partial charge in [0, 0.05) is 5.92 Å². The first-order chi connectivity index (χ1) is 8.30. The highest BCUT2D eigenvalue weighted by molar-refractivity contribution is 7.91. The number of aryl methyl sites for hydroxylation is 1. The van der Waals surface area contributed by atoms with Crippen molar-refractivity contribution < 1.29 is 13.2 Å². The highest BCUT2D eigenvalue weighted by Gasteiger charge is 2.31. The Labute approximate surface area is 105 Å². The summed E-state index contributed by atoms with van der Waals surface area (Å²) in [6.07, 6.45) is 0.483. The first-order valence-electron chi connectivity index (χ1n) is 5.44. The Morgan fingerprint density at radius 3 is 2.50 bits per heavy atom. The molecule has 0 bridgehead atoms. The van der Waals surface area contributed by atoms with Gasteiger partial charge in [-0.05, 0) is 13.3 Å². The van der Waals surface area contributed by atoms with Crippen LogP contribution in [0.1, 0.15) is 34.2 Å². The van der Waals surface area contributed by atoms with E-state index in [0.29, 0.717) is 17.9 Å². The molecule has 1 aliphatic heterocycles. The molecule has 0 spiro atoms. The number of primary amides is 1. The van der Waals surface area contributed by atoms with Crippen molar-refractivity contribution in [3.05, 3.63) is 17.1 Å². The quantitative estimate of drug-likeness (QED) is 0.736. The number of anilines is 1. The number of carbonyl (C=O) groups excluding carboxylic acids is 1. The molecular formula is C10H14N4O3S. The Morgan fingerprint density at radius 1 is 1.39 bits per heavy atom. The molecule has 0 saturated carbocycles. The van der Waals surface area contributed by atoms with Gasteiger partial charge in [0.1, 0.15) is 17.2 Å². The van der Waals surface area contributed by atoms with E-state index in [1.165, 1.54) is 0 Å². The van der Waals surface area contributed by atoms with Gasteiger partial charge < -0.3 is 11.5 Å². The van der Waals surface area contributed by atoms with Crippen LogP contribution in [0.2, 0.25) is 0 Å². The van der Waals surface area contributed by atoms with Crippen LogP contribution in [0.3, 0.4) is 0 Å². The molecule has 1 aliphatic rings. The van der Waals surface area contributed by atoms with Gasteiger partial charge in [0.05, 0.1) is 17.2 Å². The first kappa shape index (κ1) is 12.7. The normalized spacial score (nSPS) is 21.9. The second-order valence-electron chi connectivity index (χ2n) is 4.39. The second-order valence-corrected chi connectivity index (χ2v) is 6.62. The molecule has 4 N–H and O–H groups in total. The zero-order valence-electron chi connectivity index (χ0n) is 9.88. The van der Waals surface area contributed by atoms with E-state index in [9.17, 15) is 13.2 Å². The lowest BCUT2D eigenvalue weighted by atomic mass is 10.1. The summed E-state index contributed by atoms with van der Waals surface area (Å²) >= 11 is 0. The predicted molar refractivity (Wildman–Crippen MR) is 65.7 cm³/mol. The third-order valence-corrected chi connectivity index (χ3v) is 4.75. The lowest BCUT2D eigenvalue weighted by Gasteiger charge is -2.11. The minimum absolute atomic E-state index is 0.00861. The highest BCUT2D eigenvalue weighted by atomic mass is 32.2. The minimum Gasteiger partial charge on any atom is -0.383 e. The van der Waals surface area contributed by atoms with Gasteiger partial charge in [-0.15, -0.1) is 0 Å². The monoisotopic (exact) mass is 270 g/mol. The van der Waals surface area contributed by atoms with Gasteiger partial charge in [0.15, 0.2) is 9.84 Å². The molecule has 98 valence electrons. The van der Waals surface area contributed by atoms with Crippen LogP contribution >= 0.6 is 0 Å². The van der Waals surface area contributed by atoms with E-state index in [-0.39, 0.29) is 28.8 Å². The summed E-state index contributed by atoms with van der Waals surface area (Å²) in [4.78, 5) is 19.3. The molecule has 7 nitrogen and oxygen atoms in total. The summed E-state index contributed by atoms with van der Waals surface area (Å²) in [5, 5.41) is 0. The van der Waals surface area contributed by atoms with Crippen LogP contribution in [0.4, 0.5) is 5.82 Å². The fourth-order valence-corrected chi connectivity index (χ4v) is 3.84. The van der Waals surface area contributed by atoms with Crippen LogP contribution in [0, 0.1) is 6.92 Å². The molecule has 8 heteroatoms. The van der Waals surface area contributed by atoms with Crippen LogP contribution in [-0.2, 0) is 9.84 Å². The molecule has 0 aromatic carbocycles. The van der Waals surface area contributed by atoms with Crippen molar-refractivity contribution in [1.29, 1.82) is 0 Å². The summed E-state index contributed by atoms with van der Waals surface area (Å²) in [6, 6.07) is 0. The molecule has 0 radical (unpaired) electrons. The molecule has 18 heavy (non-hydrogen) atoms. The second kappa shape index (κ2) is 4.20. The van der Waals surface area contributed by atoms with Gasteiger partial charge in [-0.3, -0.25) is 4.79 Å². The van der Waals surface area contributed by atoms with Crippen LogP contribution in [0.5, 0.6) is 0 Å². The molecule has 1 saturated heterocycles. The van der Waals surface area contributed by atoms with Crippen LogP contribution < -0.4 is 11.5 Å². The smallest absolute Gasteiger partial charge is 0.254 e. The number of sulfone groups is 1. The van der Waals surface area contributed by atoms with Crippen molar-refractivity contribution in [2.45, 2.75) is 19.3 Å². The number of carbonyl (C=O) groups is 1. The molecule has 1 amide bonds. The molecule has 2 heterocycles. The van der Waals surface area contributed by atoms with Gasteiger partial charge in [0.2, 0.25) is 0 Å². The maximum absolute atomic E-state index is 11.4. The fraction of sp³-hybridized carbons (Fsp3) is 0.500. The summed E-state index contributed by atoms with van der Waals surface area (Å²) < 4.78 is 22.8. The Bertz CT molecular complexity index is 589. The predicted octanol–water partition coefficient (Wildman–Crippen LogP) is -0.632. The summed E-state index contributed by atoms with van der Waals surface area (Å²) in [5.41, 5.74) is 11.3. The van der Waals surface area contributed by atoms with Crippen molar-refractivity contribution >= 4 is 21.6 Å². The largest absolute Gasteiger partial charge is 0.383 e. The number of nitrogens with two attached hydrogens (primary N) is 2. The Kier molecular flexibility index (Phi) is 2.97. The van der Waals surface area contributed by atoms with E-state index < -0.39 is 15.7 Å². The average Bonchev–Trinajstić information content (AvgIpc) is 2.57. The minimum atomic E-state index is -3.01. The SMILES string of the molecule is Cc1nc(C2CCS(=O)(=O)C2)nc(N)c1C(N)=O. The molecule has 1 unspecified atom stereocenters. The van der Waals surface area contributed by atoms with Crippen LogP contribution in [-0.4, -0.2) is 35.8 Å². The maximum atomic E-state index is 11.4. The zero-order valence-corrected chi connectivity index (χ0v) is 10.7. The van der Waals surface area contributed by atoms with Crippen LogP contribution in [0.25, 0.3) is 0 Å². The van der Waals surface area contributed by atoms with Gasteiger partial charge in [0.25, 0.3) is 5.91 Å². The van der Waals surface area contributed by atoms with E-state index in [1.807, 2.05) is 0 Å². The molecule has 1 fully saturated rings. The standard InChI is InChI=1S/C10H14N4O3S/c1-5-7(9(12)15)8(11)14-10(13-5)6-2-3-18(16,17)4-6/h6H,2-4H2,1H3,(H2,12,15)(H2,11,13,14). The number of nitrogens with zero attached hydrogens (tertiary/aromatic N) is 2. The van der Waals surface area contributed by atoms with Crippen LogP contribution in [0.15, 0.2) is 0 Å². The molecular weight excluding hydrogens is 256 g/mol. The van der Waals surface area contributed by atoms with E-state index in [2.05, 4.69) is 9.97 Å². The molecule has 1 atom stereocenters. The van der Waals surface area contributed by atoms with Crippen molar-refractivity contribution in [3.8, 4) is 0 Å². The number of hydrogen-bond donors (Lipinski definition) is 2. The highest BCUT2D eigenvalue weighted by Crippen LogP contribution is 2.27. The fourth-order valence-electron chi connectivity index (χ4n) is 2.10. The zero-order chi connectivity index (χ0) is 13.5. The Balaban J connectivity index is 2.40. The third-order valence-electron chi connectivity index (χ3n) is 2.98. The van der Waals surface area contributed by atoms with E-state index in [0.717, 1.165) is 0 Å². The molecule has 0 aliphatic carbocycles. The van der Waals surface area contributed by atoms with Gasteiger partial charge in [-0.2, -0.15) is 0 Å². The average molecular weight is 270 g/mol. The van der Waals surface area contributed by atoms with Gasteiger partial charge in [-0.25, -0.2) is 18.4 Å². The molecule has 1 aromatic heterocycles. The molecule has 2 rings (SSSR count). The Hall–Kier alpha value is -1.70. The summed E-state index contributed by atoms with van der Waals surface area (Å²) in [6.45, 7) is 1.60. The number of amides is 1. The summed E-state index contributed by atoms with van der Waals surface area (Å²) in [5.74, 6) is -0.391. The summed E-state index contributed by atoms with van der Waals surface area (Å²) in [7, 11) is -3.01. The Morgan fingerprint density at radius 2 is 2.06 bits per heavy atom. The lowest BCUT2D eigenvalue weighted by molar-refractivity contribution is 0.1000.